The normalized spacial score (nSPS) is 18.8. The van der Waals surface area contributed by atoms with Crippen LogP contribution in [0.5, 0.6) is 0 Å². The summed E-state index contributed by atoms with van der Waals surface area (Å²) in [6, 6.07) is 0. The molecule has 0 N–H and O–H groups in total. The quantitative estimate of drug-likeness (QED) is 0.728. The van der Waals surface area contributed by atoms with Gasteiger partial charge in [0.15, 0.2) is 0 Å². The molecular formula is C8H11Br2NO. The van der Waals surface area contributed by atoms with E-state index in [0.29, 0.717) is 6.42 Å². The minimum atomic E-state index is 0.226. The summed E-state index contributed by atoms with van der Waals surface area (Å²) in [7, 11) is 0. The van der Waals surface area contributed by atoms with Gasteiger partial charge in [-0.05, 0) is 44.7 Å². The number of carbonyl (C=O) groups excluding carboxylic acids is 1. The van der Waals surface area contributed by atoms with Crippen molar-refractivity contribution in [3.63, 3.8) is 0 Å². The molecule has 0 spiro atoms. The van der Waals surface area contributed by atoms with Crippen LogP contribution in [-0.4, -0.2) is 17.4 Å². The Balaban J connectivity index is 2.59. The first-order chi connectivity index (χ1) is 5.70. The second-order valence-electron chi connectivity index (χ2n) is 2.82. The zero-order valence-corrected chi connectivity index (χ0v) is 9.90. The molecular weight excluding hydrogens is 286 g/mol. The first kappa shape index (κ1) is 10.3. The van der Waals surface area contributed by atoms with Crippen LogP contribution in [0, 0.1) is 0 Å². The molecule has 0 aliphatic carbocycles. The molecule has 1 fully saturated rings. The average Bonchev–Trinajstić information content (AvgIpc) is 2.16. The number of likely N-dealkylation sites (tertiary alicyclic amines) is 1. The fourth-order valence-corrected chi connectivity index (χ4v) is 1.75. The lowest BCUT2D eigenvalue weighted by molar-refractivity contribution is -0.128. The minimum Gasteiger partial charge on any atom is -0.317 e. The molecule has 0 aromatic rings. The Morgan fingerprint density at radius 1 is 1.33 bits per heavy atom. The minimum absolute atomic E-state index is 0.226. The zero-order valence-electron chi connectivity index (χ0n) is 6.72. The Kier molecular flexibility index (Phi) is 4.29. The molecule has 0 atom stereocenters. The Bertz CT molecular complexity index is 199. The smallest absolute Gasteiger partial charge is 0.226 e. The summed E-state index contributed by atoms with van der Waals surface area (Å²) in [6.07, 6.45) is 5.78. The van der Waals surface area contributed by atoms with Crippen LogP contribution in [0.4, 0.5) is 0 Å². The third kappa shape index (κ3) is 3.27. The molecule has 1 heterocycles. The van der Waals surface area contributed by atoms with Crippen molar-refractivity contribution in [1.29, 1.82) is 0 Å². The van der Waals surface area contributed by atoms with Crippen molar-refractivity contribution in [3.05, 3.63) is 9.59 Å². The number of nitrogens with zero attached hydrogens (tertiary/aromatic N) is 1. The van der Waals surface area contributed by atoms with Gasteiger partial charge in [0.2, 0.25) is 5.91 Å². The van der Waals surface area contributed by atoms with E-state index in [2.05, 4.69) is 31.9 Å². The summed E-state index contributed by atoms with van der Waals surface area (Å²) < 4.78 is 0.824. The van der Waals surface area contributed by atoms with Crippen LogP contribution in [0.2, 0.25) is 0 Å². The van der Waals surface area contributed by atoms with Gasteiger partial charge in [0.05, 0.1) is 3.39 Å². The van der Waals surface area contributed by atoms with Gasteiger partial charge in [0, 0.05) is 19.2 Å². The van der Waals surface area contributed by atoms with Gasteiger partial charge in [-0.15, -0.1) is 0 Å². The highest BCUT2D eigenvalue weighted by molar-refractivity contribution is 9.28. The molecule has 0 bridgehead atoms. The third-order valence-electron chi connectivity index (χ3n) is 1.86. The number of hydrogen-bond donors (Lipinski definition) is 0. The Hall–Kier alpha value is 0.170. The number of amides is 1. The Morgan fingerprint density at radius 3 is 2.75 bits per heavy atom. The summed E-state index contributed by atoms with van der Waals surface area (Å²) in [5.41, 5.74) is 0. The molecule has 0 unspecified atom stereocenters. The van der Waals surface area contributed by atoms with Crippen molar-refractivity contribution in [2.45, 2.75) is 25.7 Å². The largest absolute Gasteiger partial charge is 0.317 e. The van der Waals surface area contributed by atoms with Crippen LogP contribution in [0.1, 0.15) is 25.7 Å². The van der Waals surface area contributed by atoms with Gasteiger partial charge in [0.25, 0.3) is 0 Å². The van der Waals surface area contributed by atoms with E-state index in [4.69, 9.17) is 0 Å². The first-order valence-electron chi connectivity index (χ1n) is 4.02. The lowest BCUT2D eigenvalue weighted by Gasteiger charge is -2.14. The van der Waals surface area contributed by atoms with Crippen LogP contribution >= 0.6 is 31.9 Å². The van der Waals surface area contributed by atoms with Crippen LogP contribution in [0.3, 0.4) is 0 Å². The molecule has 1 aliphatic rings. The topological polar surface area (TPSA) is 20.3 Å². The van der Waals surface area contributed by atoms with Crippen molar-refractivity contribution in [2.75, 3.05) is 6.54 Å². The lowest BCUT2D eigenvalue weighted by Crippen LogP contribution is -2.24. The average molecular weight is 297 g/mol. The summed E-state index contributed by atoms with van der Waals surface area (Å²) in [5, 5.41) is 0. The van der Waals surface area contributed by atoms with E-state index >= 15 is 0 Å². The van der Waals surface area contributed by atoms with E-state index in [-0.39, 0.29) is 5.91 Å². The van der Waals surface area contributed by atoms with E-state index in [1.54, 1.807) is 11.1 Å². The fraction of sp³-hybridized carbons (Fsp3) is 0.625. The standard InChI is InChI=1S/C8H11Br2NO/c9-7(10)6-11-5-3-1-2-4-8(11)12/h6H,1-5H2. The van der Waals surface area contributed by atoms with Gasteiger partial charge in [-0.2, -0.15) is 0 Å². The van der Waals surface area contributed by atoms with Crippen LogP contribution in [-0.2, 0) is 4.79 Å². The molecule has 1 aliphatic heterocycles. The summed E-state index contributed by atoms with van der Waals surface area (Å²) in [5.74, 6) is 0.226. The summed E-state index contributed by atoms with van der Waals surface area (Å²) in [4.78, 5) is 13.2. The van der Waals surface area contributed by atoms with Gasteiger partial charge in [0.1, 0.15) is 0 Å². The lowest BCUT2D eigenvalue weighted by atomic mass is 10.2. The highest BCUT2D eigenvalue weighted by atomic mass is 79.9. The SMILES string of the molecule is O=C1CCCCCN1C=C(Br)Br. The predicted octanol–water partition coefficient (Wildman–Crippen LogP) is 2.98. The van der Waals surface area contributed by atoms with Crippen LogP contribution in [0.25, 0.3) is 0 Å². The molecule has 68 valence electrons. The Morgan fingerprint density at radius 2 is 2.08 bits per heavy atom. The number of halogens is 2. The predicted molar refractivity (Wildman–Crippen MR) is 56.1 cm³/mol. The molecule has 0 saturated carbocycles. The first-order valence-corrected chi connectivity index (χ1v) is 5.61. The second-order valence-corrected chi connectivity index (χ2v) is 5.59. The van der Waals surface area contributed by atoms with Gasteiger partial charge in [-0.25, -0.2) is 0 Å². The molecule has 0 aromatic heterocycles. The molecule has 0 aromatic carbocycles. The van der Waals surface area contributed by atoms with E-state index in [0.717, 1.165) is 29.2 Å². The van der Waals surface area contributed by atoms with E-state index in [1.807, 2.05) is 0 Å². The molecule has 1 amide bonds. The van der Waals surface area contributed by atoms with Crippen molar-refractivity contribution >= 4 is 37.8 Å². The molecule has 1 rings (SSSR count). The maximum atomic E-state index is 11.4. The van der Waals surface area contributed by atoms with Crippen molar-refractivity contribution in [2.24, 2.45) is 0 Å². The van der Waals surface area contributed by atoms with E-state index in [1.165, 1.54) is 0 Å². The zero-order chi connectivity index (χ0) is 8.97. The number of rotatable bonds is 1. The summed E-state index contributed by atoms with van der Waals surface area (Å²) in [6.45, 7) is 0.847. The molecule has 1 saturated heterocycles. The van der Waals surface area contributed by atoms with Gasteiger partial charge < -0.3 is 4.90 Å². The van der Waals surface area contributed by atoms with Crippen molar-refractivity contribution in [1.82, 2.24) is 4.90 Å². The number of hydrogen-bond acceptors (Lipinski definition) is 1. The monoisotopic (exact) mass is 295 g/mol. The highest BCUT2D eigenvalue weighted by Crippen LogP contribution is 2.17. The highest BCUT2D eigenvalue weighted by Gasteiger charge is 2.14. The molecule has 2 nitrogen and oxygen atoms in total. The van der Waals surface area contributed by atoms with Gasteiger partial charge in [-0.3, -0.25) is 4.79 Å². The number of carbonyl (C=O) groups is 1. The van der Waals surface area contributed by atoms with E-state index < -0.39 is 0 Å². The van der Waals surface area contributed by atoms with Gasteiger partial charge in [-0.1, -0.05) is 6.42 Å². The fourth-order valence-electron chi connectivity index (χ4n) is 1.26. The van der Waals surface area contributed by atoms with E-state index in [9.17, 15) is 4.79 Å². The second kappa shape index (κ2) is 5.02. The van der Waals surface area contributed by atoms with Crippen LogP contribution < -0.4 is 0 Å². The van der Waals surface area contributed by atoms with Crippen molar-refractivity contribution < 1.29 is 4.79 Å². The maximum Gasteiger partial charge on any atom is 0.226 e. The maximum absolute atomic E-state index is 11.4. The molecule has 12 heavy (non-hydrogen) atoms. The molecule has 4 heteroatoms. The van der Waals surface area contributed by atoms with Gasteiger partial charge >= 0.3 is 0 Å². The Labute approximate surface area is 89.3 Å². The van der Waals surface area contributed by atoms with Crippen molar-refractivity contribution in [3.8, 4) is 0 Å². The van der Waals surface area contributed by atoms with Crippen LogP contribution in [0.15, 0.2) is 9.59 Å². The summed E-state index contributed by atoms with van der Waals surface area (Å²) >= 11 is 6.49. The third-order valence-corrected chi connectivity index (χ3v) is 2.27. The molecule has 0 radical (unpaired) electrons.